The zero-order chi connectivity index (χ0) is 9.30. The number of rotatable bonds is 2. The van der Waals surface area contributed by atoms with Crippen molar-refractivity contribution in [2.75, 3.05) is 0 Å². The van der Waals surface area contributed by atoms with Crippen LogP contribution in [-0.2, 0) is 7.05 Å². The van der Waals surface area contributed by atoms with Gasteiger partial charge < -0.3 is 15.2 Å². The van der Waals surface area contributed by atoms with Crippen molar-refractivity contribution in [3.63, 3.8) is 0 Å². The fraction of sp³-hybridized carbons (Fsp3) is 0.200. The Hall–Kier alpha value is -1.92. The standard InChI is InChI=1S/C5H5N3O4/c1-7-3(8(11)12)2-6-4(7)5(9)10/h2H,1H3,(H,9,10). The normalized spacial score (nSPS) is 9.75. The molecule has 0 radical (unpaired) electrons. The van der Waals surface area contributed by atoms with Gasteiger partial charge in [0.25, 0.3) is 0 Å². The first-order valence-electron chi connectivity index (χ1n) is 2.93. The topological polar surface area (TPSA) is 98.3 Å². The lowest BCUT2D eigenvalue weighted by Crippen LogP contribution is -2.07. The van der Waals surface area contributed by atoms with Gasteiger partial charge in [0.05, 0.1) is 7.05 Å². The van der Waals surface area contributed by atoms with Crippen molar-refractivity contribution in [2.45, 2.75) is 0 Å². The number of aromatic nitrogens is 2. The van der Waals surface area contributed by atoms with Gasteiger partial charge in [0.1, 0.15) is 6.20 Å². The summed E-state index contributed by atoms with van der Waals surface area (Å²) < 4.78 is 0.905. The second-order valence-corrected chi connectivity index (χ2v) is 2.06. The second kappa shape index (κ2) is 2.61. The monoisotopic (exact) mass is 171 g/mol. The minimum Gasteiger partial charge on any atom is -0.474 e. The highest BCUT2D eigenvalue weighted by Crippen LogP contribution is 2.10. The van der Waals surface area contributed by atoms with Gasteiger partial charge in [-0.15, -0.1) is 0 Å². The Labute approximate surface area is 66.4 Å². The van der Waals surface area contributed by atoms with Gasteiger partial charge in [0.15, 0.2) is 0 Å². The zero-order valence-corrected chi connectivity index (χ0v) is 6.09. The number of carbonyl (C=O) groups is 1. The van der Waals surface area contributed by atoms with Gasteiger partial charge in [-0.3, -0.25) is 0 Å². The van der Waals surface area contributed by atoms with E-state index in [0.29, 0.717) is 0 Å². The number of hydrogen-bond acceptors (Lipinski definition) is 4. The van der Waals surface area contributed by atoms with E-state index >= 15 is 0 Å². The van der Waals surface area contributed by atoms with Gasteiger partial charge >= 0.3 is 17.6 Å². The molecule has 0 spiro atoms. The van der Waals surface area contributed by atoms with Crippen molar-refractivity contribution in [3.05, 3.63) is 22.1 Å². The zero-order valence-electron chi connectivity index (χ0n) is 6.09. The summed E-state index contributed by atoms with van der Waals surface area (Å²) in [6.45, 7) is 0. The summed E-state index contributed by atoms with van der Waals surface area (Å²) in [6, 6.07) is 0. The summed E-state index contributed by atoms with van der Waals surface area (Å²) >= 11 is 0. The predicted molar refractivity (Wildman–Crippen MR) is 36.8 cm³/mol. The van der Waals surface area contributed by atoms with Crippen molar-refractivity contribution < 1.29 is 14.8 Å². The second-order valence-electron chi connectivity index (χ2n) is 2.06. The Morgan fingerprint density at radius 2 is 2.42 bits per heavy atom. The van der Waals surface area contributed by atoms with Gasteiger partial charge in [-0.05, 0) is 4.92 Å². The molecule has 0 aliphatic heterocycles. The maximum Gasteiger partial charge on any atom is 0.396 e. The Morgan fingerprint density at radius 3 is 2.67 bits per heavy atom. The third-order valence-corrected chi connectivity index (χ3v) is 1.34. The first-order chi connectivity index (χ1) is 5.54. The molecule has 0 unspecified atom stereocenters. The van der Waals surface area contributed by atoms with Crippen LogP contribution in [0.2, 0.25) is 0 Å². The fourth-order valence-corrected chi connectivity index (χ4v) is 0.769. The summed E-state index contributed by atoms with van der Waals surface area (Å²) in [5, 5.41) is 18.7. The van der Waals surface area contributed by atoms with Crippen LogP contribution >= 0.6 is 0 Å². The number of carboxylic acid groups (broad SMARTS) is 1. The number of hydrogen-bond donors (Lipinski definition) is 1. The fourth-order valence-electron chi connectivity index (χ4n) is 0.769. The molecule has 1 heterocycles. The van der Waals surface area contributed by atoms with E-state index in [9.17, 15) is 14.9 Å². The quantitative estimate of drug-likeness (QED) is 0.499. The molecule has 0 aliphatic rings. The van der Waals surface area contributed by atoms with Gasteiger partial charge in [-0.25, -0.2) is 14.3 Å². The first kappa shape index (κ1) is 8.18. The molecule has 0 aliphatic carbocycles. The molecule has 1 aromatic rings. The van der Waals surface area contributed by atoms with Crippen LogP contribution in [0.4, 0.5) is 5.82 Å². The molecule has 0 bridgehead atoms. The van der Waals surface area contributed by atoms with Crippen LogP contribution < -0.4 is 0 Å². The average molecular weight is 171 g/mol. The maximum atomic E-state index is 10.4. The van der Waals surface area contributed by atoms with Crippen LogP contribution in [0.3, 0.4) is 0 Å². The number of imidazole rings is 1. The van der Waals surface area contributed by atoms with Gasteiger partial charge in [-0.1, -0.05) is 0 Å². The summed E-state index contributed by atoms with van der Waals surface area (Å²) in [5.74, 6) is -1.97. The van der Waals surface area contributed by atoms with E-state index in [0.717, 1.165) is 10.8 Å². The van der Waals surface area contributed by atoms with Crippen LogP contribution in [0, 0.1) is 10.1 Å². The number of nitrogens with zero attached hydrogens (tertiary/aromatic N) is 3. The van der Waals surface area contributed by atoms with E-state index < -0.39 is 10.9 Å². The molecular formula is C5H5N3O4. The molecule has 0 fully saturated rings. The molecule has 0 aromatic carbocycles. The largest absolute Gasteiger partial charge is 0.474 e. The highest BCUT2D eigenvalue weighted by molar-refractivity contribution is 5.83. The molecule has 64 valence electrons. The number of nitro groups is 1. The third-order valence-electron chi connectivity index (χ3n) is 1.34. The van der Waals surface area contributed by atoms with Gasteiger partial charge in [-0.2, -0.15) is 0 Å². The summed E-state index contributed by atoms with van der Waals surface area (Å²) in [5.41, 5.74) is 0. The van der Waals surface area contributed by atoms with Crippen LogP contribution in [0.25, 0.3) is 0 Å². The SMILES string of the molecule is Cn1c([N+](=O)[O-])cnc1C(=O)O. The van der Waals surface area contributed by atoms with Gasteiger partial charge in [0.2, 0.25) is 0 Å². The summed E-state index contributed by atoms with van der Waals surface area (Å²) in [7, 11) is 1.27. The highest BCUT2D eigenvalue weighted by atomic mass is 16.6. The smallest absolute Gasteiger partial charge is 0.396 e. The Bertz CT molecular complexity index is 311. The molecule has 0 saturated heterocycles. The molecule has 0 saturated carbocycles. The van der Waals surface area contributed by atoms with E-state index in [2.05, 4.69) is 4.98 Å². The molecule has 0 amide bonds. The van der Waals surface area contributed by atoms with Crippen molar-refractivity contribution in [1.29, 1.82) is 0 Å². The summed E-state index contributed by atoms with van der Waals surface area (Å²) in [4.78, 5) is 23.2. The summed E-state index contributed by atoms with van der Waals surface area (Å²) in [6.07, 6.45) is 0.906. The molecule has 7 nitrogen and oxygen atoms in total. The van der Waals surface area contributed by atoms with E-state index in [1.165, 1.54) is 7.05 Å². The van der Waals surface area contributed by atoms with Crippen LogP contribution in [0.1, 0.15) is 10.6 Å². The molecule has 0 atom stereocenters. The number of aromatic carboxylic acids is 1. The first-order valence-corrected chi connectivity index (χ1v) is 2.93. The number of carboxylic acids is 1. The van der Waals surface area contributed by atoms with E-state index in [4.69, 9.17) is 5.11 Å². The van der Waals surface area contributed by atoms with Crippen LogP contribution in [0.15, 0.2) is 6.20 Å². The van der Waals surface area contributed by atoms with E-state index in [1.807, 2.05) is 0 Å². The molecule has 12 heavy (non-hydrogen) atoms. The van der Waals surface area contributed by atoms with Crippen molar-refractivity contribution in [2.24, 2.45) is 7.05 Å². The Balaban J connectivity index is 3.22. The highest BCUT2D eigenvalue weighted by Gasteiger charge is 2.21. The van der Waals surface area contributed by atoms with Crippen molar-refractivity contribution in [1.82, 2.24) is 9.55 Å². The van der Waals surface area contributed by atoms with Crippen LogP contribution in [-0.4, -0.2) is 25.6 Å². The third kappa shape index (κ3) is 1.11. The minimum atomic E-state index is -1.29. The lowest BCUT2D eigenvalue weighted by Gasteiger charge is -1.93. The van der Waals surface area contributed by atoms with Crippen LogP contribution in [0.5, 0.6) is 0 Å². The van der Waals surface area contributed by atoms with E-state index in [-0.39, 0.29) is 11.6 Å². The molecule has 1 N–H and O–H groups in total. The lowest BCUT2D eigenvalue weighted by atomic mass is 10.6. The molecule has 7 heteroatoms. The van der Waals surface area contributed by atoms with Crippen molar-refractivity contribution >= 4 is 11.8 Å². The molecular weight excluding hydrogens is 166 g/mol. The Morgan fingerprint density at radius 1 is 1.83 bits per heavy atom. The average Bonchev–Trinajstić information content (AvgIpc) is 2.30. The molecule has 1 rings (SSSR count). The molecule has 1 aromatic heterocycles. The maximum absolute atomic E-state index is 10.4. The van der Waals surface area contributed by atoms with E-state index in [1.54, 1.807) is 0 Å². The minimum absolute atomic E-state index is 0.340. The van der Waals surface area contributed by atoms with Crippen molar-refractivity contribution in [3.8, 4) is 0 Å². The lowest BCUT2D eigenvalue weighted by molar-refractivity contribution is -0.391. The van der Waals surface area contributed by atoms with Gasteiger partial charge in [0, 0.05) is 0 Å². The Kier molecular flexibility index (Phi) is 1.78. The predicted octanol–water partition coefficient (Wildman–Crippen LogP) is 0.0265.